The maximum atomic E-state index is 12.8. The molecule has 2 aromatic carbocycles. The van der Waals surface area contributed by atoms with E-state index in [9.17, 15) is 9.59 Å². The van der Waals surface area contributed by atoms with Crippen molar-refractivity contribution in [2.45, 2.75) is 32.6 Å². The molecule has 2 aromatic rings. The molecule has 2 unspecified atom stereocenters. The van der Waals surface area contributed by atoms with Crippen molar-refractivity contribution in [3.05, 3.63) is 54.6 Å². The molecule has 4 heteroatoms. The normalized spacial score (nSPS) is 19.6. The minimum Gasteiger partial charge on any atom is -0.466 e. The Balaban J connectivity index is 1.80. The molecule has 0 aliphatic heterocycles. The molecule has 0 bridgehead atoms. The number of hydrogen-bond acceptors (Lipinski definition) is 4. The third-order valence-electron chi connectivity index (χ3n) is 4.84. The quantitative estimate of drug-likeness (QED) is 0.581. The molecular formula is C22H24O4. The lowest BCUT2D eigenvalue weighted by atomic mass is 9.79. The smallest absolute Gasteiger partial charge is 0.315 e. The van der Waals surface area contributed by atoms with Gasteiger partial charge in [0.1, 0.15) is 5.75 Å². The van der Waals surface area contributed by atoms with Crippen molar-refractivity contribution in [1.29, 1.82) is 0 Å². The molecule has 1 aliphatic rings. The molecule has 26 heavy (non-hydrogen) atoms. The predicted molar refractivity (Wildman–Crippen MR) is 99.6 cm³/mol. The first-order valence-electron chi connectivity index (χ1n) is 9.23. The van der Waals surface area contributed by atoms with Gasteiger partial charge in [-0.3, -0.25) is 9.59 Å². The van der Waals surface area contributed by atoms with Gasteiger partial charge in [0.05, 0.1) is 18.4 Å². The van der Waals surface area contributed by atoms with E-state index in [4.69, 9.17) is 9.47 Å². The van der Waals surface area contributed by atoms with E-state index < -0.39 is 11.8 Å². The van der Waals surface area contributed by atoms with Crippen LogP contribution in [-0.4, -0.2) is 18.5 Å². The van der Waals surface area contributed by atoms with Crippen molar-refractivity contribution < 1.29 is 19.1 Å². The summed E-state index contributed by atoms with van der Waals surface area (Å²) >= 11 is 0. The molecule has 3 rings (SSSR count). The highest BCUT2D eigenvalue weighted by molar-refractivity contribution is 5.85. The summed E-state index contributed by atoms with van der Waals surface area (Å²) in [6, 6.07) is 17.3. The molecule has 0 N–H and O–H groups in total. The van der Waals surface area contributed by atoms with Crippen LogP contribution in [0, 0.1) is 11.8 Å². The molecular weight excluding hydrogens is 328 g/mol. The highest BCUT2D eigenvalue weighted by Gasteiger charge is 2.38. The number of benzene rings is 2. The van der Waals surface area contributed by atoms with Crippen molar-refractivity contribution in [2.75, 3.05) is 6.61 Å². The Kier molecular flexibility index (Phi) is 6.05. The predicted octanol–water partition coefficient (Wildman–Crippen LogP) is 4.63. The van der Waals surface area contributed by atoms with E-state index in [-0.39, 0.29) is 11.9 Å². The number of carbonyl (C=O) groups excluding carboxylic acids is 2. The van der Waals surface area contributed by atoms with E-state index in [1.54, 1.807) is 13.0 Å². The molecule has 0 aromatic heterocycles. The molecule has 1 fully saturated rings. The van der Waals surface area contributed by atoms with Crippen molar-refractivity contribution in [3.8, 4) is 16.9 Å². The van der Waals surface area contributed by atoms with Gasteiger partial charge in [-0.25, -0.2) is 0 Å². The zero-order valence-corrected chi connectivity index (χ0v) is 15.0. The summed E-state index contributed by atoms with van der Waals surface area (Å²) in [5, 5.41) is 0. The molecule has 2 atom stereocenters. The van der Waals surface area contributed by atoms with Gasteiger partial charge in [-0.05, 0) is 31.4 Å². The summed E-state index contributed by atoms with van der Waals surface area (Å²) in [7, 11) is 0. The van der Waals surface area contributed by atoms with Gasteiger partial charge in [0.15, 0.2) is 0 Å². The van der Waals surface area contributed by atoms with Crippen molar-refractivity contribution in [1.82, 2.24) is 0 Å². The van der Waals surface area contributed by atoms with E-state index in [0.29, 0.717) is 25.2 Å². The Morgan fingerprint density at radius 1 is 0.885 bits per heavy atom. The molecule has 4 nitrogen and oxygen atoms in total. The Labute approximate surface area is 154 Å². The largest absolute Gasteiger partial charge is 0.466 e. The van der Waals surface area contributed by atoms with Gasteiger partial charge < -0.3 is 9.47 Å². The van der Waals surface area contributed by atoms with Crippen LogP contribution in [0.3, 0.4) is 0 Å². The van der Waals surface area contributed by atoms with Gasteiger partial charge in [0.25, 0.3) is 0 Å². The SMILES string of the molecule is CCOC(=O)C1CCCCC1C(=O)Oc1ccccc1-c1ccccc1. The summed E-state index contributed by atoms with van der Waals surface area (Å²) in [5.74, 6) is -0.944. The summed E-state index contributed by atoms with van der Waals surface area (Å²) in [5.41, 5.74) is 1.85. The fourth-order valence-electron chi connectivity index (χ4n) is 3.54. The van der Waals surface area contributed by atoms with Gasteiger partial charge in [-0.15, -0.1) is 0 Å². The van der Waals surface area contributed by atoms with E-state index in [0.717, 1.165) is 24.0 Å². The highest BCUT2D eigenvalue weighted by atomic mass is 16.5. The lowest BCUT2D eigenvalue weighted by molar-refractivity contribution is -0.158. The average molecular weight is 352 g/mol. The summed E-state index contributed by atoms with van der Waals surface area (Å²) in [6.45, 7) is 2.11. The van der Waals surface area contributed by atoms with Gasteiger partial charge in [-0.2, -0.15) is 0 Å². The zero-order chi connectivity index (χ0) is 18.4. The lowest BCUT2D eigenvalue weighted by Gasteiger charge is -2.28. The summed E-state index contributed by atoms with van der Waals surface area (Å²) in [4.78, 5) is 25.1. The Hall–Kier alpha value is -2.62. The van der Waals surface area contributed by atoms with Gasteiger partial charge in [-0.1, -0.05) is 61.4 Å². The second-order valence-electron chi connectivity index (χ2n) is 6.53. The van der Waals surface area contributed by atoms with Crippen LogP contribution in [0.15, 0.2) is 54.6 Å². The highest BCUT2D eigenvalue weighted by Crippen LogP contribution is 2.35. The molecule has 0 spiro atoms. The molecule has 0 heterocycles. The second-order valence-corrected chi connectivity index (χ2v) is 6.53. The molecule has 1 aliphatic carbocycles. The third-order valence-corrected chi connectivity index (χ3v) is 4.84. The van der Waals surface area contributed by atoms with Crippen LogP contribution in [0.4, 0.5) is 0 Å². The molecule has 1 saturated carbocycles. The van der Waals surface area contributed by atoms with E-state index in [1.807, 2.05) is 48.5 Å². The zero-order valence-electron chi connectivity index (χ0n) is 15.0. The van der Waals surface area contributed by atoms with Crippen LogP contribution < -0.4 is 4.74 Å². The minimum atomic E-state index is -0.438. The number of hydrogen-bond donors (Lipinski definition) is 0. The molecule has 136 valence electrons. The van der Waals surface area contributed by atoms with Crippen LogP contribution in [0.5, 0.6) is 5.75 Å². The molecule has 0 radical (unpaired) electrons. The van der Waals surface area contributed by atoms with Crippen LogP contribution >= 0.6 is 0 Å². The monoisotopic (exact) mass is 352 g/mol. The van der Waals surface area contributed by atoms with E-state index >= 15 is 0 Å². The van der Waals surface area contributed by atoms with Gasteiger partial charge in [0.2, 0.25) is 0 Å². The number of rotatable bonds is 5. The Morgan fingerprint density at radius 2 is 1.50 bits per heavy atom. The van der Waals surface area contributed by atoms with Gasteiger partial charge in [0, 0.05) is 5.56 Å². The average Bonchev–Trinajstić information content (AvgIpc) is 2.69. The standard InChI is InChI=1S/C22H24O4/c1-2-25-21(23)18-13-6-7-14-19(18)22(24)26-20-15-9-8-12-17(20)16-10-4-3-5-11-16/h3-5,8-12,15,18-19H,2,6-7,13-14H2,1H3. The van der Waals surface area contributed by atoms with Crippen LogP contribution in [0.1, 0.15) is 32.6 Å². The van der Waals surface area contributed by atoms with Crippen molar-refractivity contribution in [3.63, 3.8) is 0 Å². The molecule has 0 saturated heterocycles. The Morgan fingerprint density at radius 3 is 2.19 bits per heavy atom. The number of ether oxygens (including phenoxy) is 2. The number of carbonyl (C=O) groups is 2. The molecule has 0 amide bonds. The number of esters is 2. The minimum absolute atomic E-state index is 0.287. The first kappa shape index (κ1) is 18.2. The van der Waals surface area contributed by atoms with Crippen molar-refractivity contribution >= 4 is 11.9 Å². The van der Waals surface area contributed by atoms with Crippen LogP contribution in [-0.2, 0) is 14.3 Å². The third kappa shape index (κ3) is 4.13. The van der Waals surface area contributed by atoms with Crippen LogP contribution in [0.2, 0.25) is 0 Å². The van der Waals surface area contributed by atoms with Gasteiger partial charge >= 0.3 is 11.9 Å². The summed E-state index contributed by atoms with van der Waals surface area (Å²) in [6.07, 6.45) is 3.21. The lowest BCUT2D eigenvalue weighted by Crippen LogP contribution is -2.36. The Bertz CT molecular complexity index is 754. The van der Waals surface area contributed by atoms with Crippen molar-refractivity contribution in [2.24, 2.45) is 11.8 Å². The topological polar surface area (TPSA) is 52.6 Å². The first-order chi connectivity index (χ1) is 12.7. The first-order valence-corrected chi connectivity index (χ1v) is 9.23. The van der Waals surface area contributed by atoms with E-state index in [2.05, 4.69) is 0 Å². The van der Waals surface area contributed by atoms with Crippen LogP contribution in [0.25, 0.3) is 11.1 Å². The fraction of sp³-hybridized carbons (Fsp3) is 0.364. The second kappa shape index (κ2) is 8.65. The maximum absolute atomic E-state index is 12.8. The summed E-state index contributed by atoms with van der Waals surface area (Å²) < 4.78 is 10.9. The fourth-order valence-corrected chi connectivity index (χ4v) is 3.54. The maximum Gasteiger partial charge on any atom is 0.315 e. The number of para-hydroxylation sites is 1. The van der Waals surface area contributed by atoms with E-state index in [1.165, 1.54) is 0 Å².